The van der Waals surface area contributed by atoms with Gasteiger partial charge in [-0.2, -0.15) is 0 Å². The first-order valence-corrected chi connectivity index (χ1v) is 18.0. The Morgan fingerprint density at radius 2 is 2.02 bits per heavy atom. The predicted octanol–water partition coefficient (Wildman–Crippen LogP) is 2.81. The molecule has 3 N–H and O–H groups in total. The van der Waals surface area contributed by atoms with E-state index in [0.717, 1.165) is 37.9 Å². The number of H-pyrrole nitrogens is 2. The van der Waals surface area contributed by atoms with Gasteiger partial charge in [0.15, 0.2) is 11.6 Å². The number of benzene rings is 2. The molecule has 0 bridgehead atoms. The number of amides is 1. The van der Waals surface area contributed by atoms with E-state index in [4.69, 9.17) is 4.98 Å². The van der Waals surface area contributed by atoms with Crippen molar-refractivity contribution in [1.82, 2.24) is 35.0 Å². The number of nitrogens with one attached hydrogen (secondary N) is 2. The molecule has 6 rings (SSSR count). The van der Waals surface area contributed by atoms with E-state index in [1.54, 1.807) is 11.1 Å². The van der Waals surface area contributed by atoms with Gasteiger partial charge in [0.25, 0.3) is 0 Å². The Morgan fingerprint density at radius 1 is 1.19 bits per heavy atom. The number of carbonyl (C=O) groups is 1. The van der Waals surface area contributed by atoms with Crippen molar-refractivity contribution in [3.8, 4) is 28.4 Å². The Kier molecular flexibility index (Phi) is 7.78. The number of halogens is 1. The number of fused-ring (bicyclic) bond motifs is 2. The first-order valence-electron chi connectivity index (χ1n) is 13.6. The van der Waals surface area contributed by atoms with E-state index in [2.05, 4.69) is 25.1 Å². The molecule has 0 unspecified atom stereocenters. The second-order valence-electron chi connectivity index (χ2n) is 10.4. The summed E-state index contributed by atoms with van der Waals surface area (Å²) in [5, 5.41) is 18.7. The molecule has 0 spiro atoms. The van der Waals surface area contributed by atoms with Crippen molar-refractivity contribution in [3.63, 3.8) is 0 Å². The fourth-order valence-electron chi connectivity index (χ4n) is 5.11. The van der Waals surface area contributed by atoms with E-state index in [-0.39, 0.29) is 23.1 Å². The molecule has 43 heavy (non-hydrogen) atoms. The Morgan fingerprint density at radius 3 is 2.77 bits per heavy atom. The van der Waals surface area contributed by atoms with Crippen molar-refractivity contribution in [3.05, 3.63) is 71.2 Å². The van der Waals surface area contributed by atoms with Gasteiger partial charge >= 0.3 is 162 Å². The van der Waals surface area contributed by atoms with Crippen LogP contribution in [0.1, 0.15) is 34.4 Å². The Bertz CT molecular complexity index is 1960. The van der Waals surface area contributed by atoms with Gasteiger partial charge in [-0.05, 0) is 47.4 Å². The molecule has 5 aromatic rings. The third-order valence-corrected chi connectivity index (χ3v) is 11.1. The first kappa shape index (κ1) is 29.0. The van der Waals surface area contributed by atoms with E-state index >= 15 is 0 Å². The molecular formula is C29H28AsFN7O4S. The number of phenols is 1. The molecule has 221 valence electrons. The number of imidazole rings is 1. The van der Waals surface area contributed by atoms with Crippen LogP contribution in [-0.2, 0) is 29.2 Å². The minimum absolute atomic E-state index is 0.119. The number of nitrogens with zero attached hydrogens (tertiary/aromatic N) is 5. The number of hydrogen-bond acceptors (Lipinski definition) is 8. The SMILES string of the molecule is CCc1cc(O)c(F)cc1-c1ccc2c(-c3nc4c([nH]3)CN(C(=O)c3cnc([As]CCS(C)(=O)=O)cn3)CC4)n[nH]c2c1. The number of hydrogen-bond donors (Lipinski definition) is 3. The number of phenolic OH excluding ortho intramolecular Hbond substituents is 1. The van der Waals surface area contributed by atoms with Gasteiger partial charge in [0, 0.05) is 0 Å². The average Bonchev–Trinajstić information content (AvgIpc) is 3.61. The van der Waals surface area contributed by atoms with Crippen LogP contribution < -0.4 is 4.48 Å². The van der Waals surface area contributed by atoms with Crippen LogP contribution in [-0.4, -0.2) is 88.8 Å². The van der Waals surface area contributed by atoms with Gasteiger partial charge in [-0.25, -0.2) is 4.39 Å². The summed E-state index contributed by atoms with van der Waals surface area (Å²) in [5.41, 5.74) is 5.68. The standard InChI is InChI=1S/C29H28AsFN7O4S/c1-3-16-11-25(39)20(31)12-19(16)17-4-5-18-22(10-17)36-37-27(18)28-34-21-6-8-38(15-24(21)35-28)29(40)23-13-33-26(14-32-23)30-7-9-43(2,41)42/h4-5,10-14,39H,3,6-9,15H2,1-2H3,(H,34,35)(H,36,37). The van der Waals surface area contributed by atoms with Gasteiger partial charge in [-0.1, -0.05) is 13.0 Å². The molecule has 0 atom stereocenters. The number of sulfone groups is 1. The van der Waals surface area contributed by atoms with Crippen LogP contribution in [0.15, 0.2) is 42.7 Å². The van der Waals surface area contributed by atoms with Crippen LogP contribution in [0.5, 0.6) is 5.75 Å². The molecule has 1 aliphatic heterocycles. The Hall–Kier alpha value is -4.09. The zero-order valence-electron chi connectivity index (χ0n) is 23.4. The van der Waals surface area contributed by atoms with Crippen molar-refractivity contribution < 1.29 is 22.7 Å². The number of rotatable bonds is 8. The second kappa shape index (κ2) is 11.5. The molecule has 14 heteroatoms. The van der Waals surface area contributed by atoms with E-state index in [9.17, 15) is 22.7 Å². The predicted molar refractivity (Wildman–Crippen MR) is 160 cm³/mol. The van der Waals surface area contributed by atoms with Gasteiger partial charge in [-0.3, -0.25) is 5.10 Å². The van der Waals surface area contributed by atoms with E-state index in [1.165, 1.54) is 24.6 Å². The number of aromatic nitrogens is 6. The van der Waals surface area contributed by atoms with Crippen molar-refractivity contribution in [2.24, 2.45) is 0 Å². The fourth-order valence-corrected chi connectivity index (χ4v) is 9.27. The summed E-state index contributed by atoms with van der Waals surface area (Å²) >= 11 is -0.437. The molecule has 2 aromatic carbocycles. The minimum Gasteiger partial charge on any atom is -0.277 e. The van der Waals surface area contributed by atoms with Gasteiger partial charge in [0.2, 0.25) is 0 Å². The molecule has 0 fully saturated rings. The summed E-state index contributed by atoms with van der Waals surface area (Å²) in [6.45, 7) is 2.77. The summed E-state index contributed by atoms with van der Waals surface area (Å²) in [4.78, 5) is 31.6. The number of aryl methyl sites for hydroxylation is 1. The minimum atomic E-state index is -3.01. The molecule has 11 nitrogen and oxygen atoms in total. The van der Waals surface area contributed by atoms with E-state index in [1.807, 2.05) is 25.1 Å². The number of carbonyl (C=O) groups excluding carboxylic acids is 1. The third-order valence-electron chi connectivity index (χ3n) is 7.36. The first-order chi connectivity index (χ1) is 20.6. The zero-order chi connectivity index (χ0) is 30.3. The zero-order valence-corrected chi connectivity index (χ0v) is 26.1. The average molecular weight is 665 g/mol. The molecule has 1 aliphatic rings. The summed E-state index contributed by atoms with van der Waals surface area (Å²) in [6, 6.07) is 8.52. The molecule has 0 saturated heterocycles. The van der Waals surface area contributed by atoms with Crippen molar-refractivity contribution in [2.45, 2.75) is 31.5 Å². The Balaban J connectivity index is 1.18. The van der Waals surface area contributed by atoms with Crippen LogP contribution >= 0.6 is 0 Å². The number of aromatic hydroxyl groups is 1. The second-order valence-corrected chi connectivity index (χ2v) is 15.2. The van der Waals surface area contributed by atoms with E-state index < -0.39 is 31.4 Å². The van der Waals surface area contributed by atoms with Crippen molar-refractivity contribution in [2.75, 3.05) is 18.6 Å². The summed E-state index contributed by atoms with van der Waals surface area (Å²) in [6.07, 6.45) is 5.44. The van der Waals surface area contributed by atoms with Crippen LogP contribution in [0.4, 0.5) is 4.39 Å². The van der Waals surface area contributed by atoms with E-state index in [0.29, 0.717) is 48.2 Å². The quantitative estimate of drug-likeness (QED) is 0.214. The van der Waals surface area contributed by atoms with Gasteiger partial charge in [0.05, 0.1) is 5.52 Å². The van der Waals surface area contributed by atoms with Crippen molar-refractivity contribution in [1.29, 1.82) is 0 Å². The molecule has 4 heterocycles. The van der Waals surface area contributed by atoms with Crippen molar-refractivity contribution >= 4 is 46.9 Å². The third kappa shape index (κ3) is 6.05. The summed E-state index contributed by atoms with van der Waals surface area (Å²) < 4.78 is 37.6. The van der Waals surface area contributed by atoms with Crippen LogP contribution in [0.25, 0.3) is 33.5 Å². The Labute approximate surface area is 253 Å². The maximum absolute atomic E-state index is 14.2. The molecular weight excluding hydrogens is 636 g/mol. The molecule has 3 aromatic heterocycles. The smallest absolute Gasteiger partial charge is 0.277 e. The summed E-state index contributed by atoms with van der Waals surface area (Å²) in [5.74, 6) is -0.558. The van der Waals surface area contributed by atoms with Crippen LogP contribution in [0.2, 0.25) is 5.21 Å². The molecule has 0 aliphatic carbocycles. The van der Waals surface area contributed by atoms with Crippen LogP contribution in [0, 0.1) is 5.82 Å². The van der Waals surface area contributed by atoms with Gasteiger partial charge in [-0.15, -0.1) is 0 Å². The molecule has 1 radical (unpaired) electrons. The molecule has 0 saturated carbocycles. The molecule has 1 amide bonds. The fraction of sp³-hybridized carbons (Fsp3) is 0.276. The maximum atomic E-state index is 14.2. The van der Waals surface area contributed by atoms with Gasteiger partial charge < -0.3 is 5.11 Å². The number of aromatic amines is 2. The van der Waals surface area contributed by atoms with Gasteiger partial charge in [0.1, 0.15) is 0 Å². The summed E-state index contributed by atoms with van der Waals surface area (Å²) in [7, 11) is -3.01. The van der Waals surface area contributed by atoms with Crippen LogP contribution in [0.3, 0.4) is 0 Å². The monoisotopic (exact) mass is 664 g/mol. The topological polar surface area (TPSA) is 158 Å². The normalized spacial score (nSPS) is 13.7.